The summed E-state index contributed by atoms with van der Waals surface area (Å²) in [6, 6.07) is 0. The minimum Gasteiger partial charge on any atom is -0.444 e. The van der Waals surface area contributed by atoms with E-state index in [4.69, 9.17) is 14.5 Å². The van der Waals surface area contributed by atoms with Crippen molar-refractivity contribution in [1.29, 1.82) is 0 Å². The van der Waals surface area contributed by atoms with Gasteiger partial charge in [0.15, 0.2) is 5.82 Å². The van der Waals surface area contributed by atoms with Crippen LogP contribution in [0, 0.1) is 0 Å². The normalized spacial score (nSPS) is 21.3. The maximum atomic E-state index is 13.7. The summed E-state index contributed by atoms with van der Waals surface area (Å²) in [5, 5.41) is 4.61. The molecule has 0 aromatic carbocycles. The van der Waals surface area contributed by atoms with E-state index in [0.29, 0.717) is 56.7 Å². The van der Waals surface area contributed by atoms with Crippen molar-refractivity contribution in [1.82, 2.24) is 24.1 Å². The molecular formula is C23H32N6O4. The molecule has 0 spiro atoms. The van der Waals surface area contributed by atoms with Gasteiger partial charge in [-0.1, -0.05) is 13.0 Å². The first kappa shape index (κ1) is 21.9. The number of ether oxygens (including phenoxy) is 2. The van der Waals surface area contributed by atoms with Crippen molar-refractivity contribution in [3.63, 3.8) is 0 Å². The molecule has 1 fully saturated rings. The van der Waals surface area contributed by atoms with Crippen LogP contribution in [0.5, 0.6) is 0 Å². The highest BCUT2D eigenvalue weighted by atomic mass is 16.6. The summed E-state index contributed by atoms with van der Waals surface area (Å²) in [4.78, 5) is 34.7. The van der Waals surface area contributed by atoms with Crippen LogP contribution in [-0.2, 0) is 16.0 Å². The molecule has 0 radical (unpaired) electrons. The monoisotopic (exact) mass is 456 g/mol. The molecule has 10 heteroatoms. The molecule has 0 saturated carbocycles. The summed E-state index contributed by atoms with van der Waals surface area (Å²) in [5.41, 5.74) is 2.07. The average molecular weight is 457 g/mol. The second-order valence-corrected chi connectivity index (χ2v) is 10.0. The second kappa shape index (κ2) is 8.16. The summed E-state index contributed by atoms with van der Waals surface area (Å²) >= 11 is 0. The number of anilines is 1. The van der Waals surface area contributed by atoms with Gasteiger partial charge < -0.3 is 23.8 Å². The van der Waals surface area contributed by atoms with Gasteiger partial charge in [0.2, 0.25) is 5.78 Å². The first-order chi connectivity index (χ1) is 15.7. The van der Waals surface area contributed by atoms with Crippen LogP contribution < -0.4 is 10.5 Å². The average Bonchev–Trinajstić information content (AvgIpc) is 3.39. The molecule has 1 saturated heterocycles. The van der Waals surface area contributed by atoms with Crippen LogP contribution in [0.4, 0.5) is 10.5 Å². The molecule has 10 nitrogen and oxygen atoms in total. The van der Waals surface area contributed by atoms with Gasteiger partial charge in [-0.05, 0) is 39.2 Å². The van der Waals surface area contributed by atoms with E-state index in [-0.39, 0.29) is 17.6 Å². The van der Waals surface area contributed by atoms with Crippen LogP contribution in [0.15, 0.2) is 10.9 Å². The van der Waals surface area contributed by atoms with Crippen molar-refractivity contribution in [2.24, 2.45) is 0 Å². The largest absolute Gasteiger partial charge is 0.444 e. The summed E-state index contributed by atoms with van der Waals surface area (Å²) in [7, 11) is 0. The minimum absolute atomic E-state index is 0.137. The van der Waals surface area contributed by atoms with E-state index in [2.05, 4.69) is 21.5 Å². The van der Waals surface area contributed by atoms with E-state index in [1.165, 1.54) is 4.52 Å². The standard InChI is InChI=1S/C23H32N6O4/c1-15-5-8-28-17(15)18(26-9-11-27(12-10-26)22(31)33-23(2,3)4)20(30)29-21(28)24-19(25-29)16-6-13-32-14-7-16/h6,15H,5,7-14H2,1-4H3. The molecular weight excluding hydrogens is 424 g/mol. The lowest BCUT2D eigenvalue weighted by molar-refractivity contribution is 0.0240. The number of nitrogens with zero attached hydrogens (tertiary/aromatic N) is 6. The zero-order valence-electron chi connectivity index (χ0n) is 19.8. The highest BCUT2D eigenvalue weighted by molar-refractivity contribution is 5.69. The van der Waals surface area contributed by atoms with Gasteiger partial charge in [0.25, 0.3) is 5.56 Å². The van der Waals surface area contributed by atoms with Crippen LogP contribution in [-0.4, -0.2) is 75.2 Å². The Morgan fingerprint density at radius 1 is 1.18 bits per heavy atom. The summed E-state index contributed by atoms with van der Waals surface area (Å²) in [6.07, 6.45) is 3.39. The Morgan fingerprint density at radius 2 is 1.94 bits per heavy atom. The number of rotatable bonds is 2. The first-order valence-electron chi connectivity index (χ1n) is 11.8. The van der Waals surface area contributed by atoms with Crippen molar-refractivity contribution >= 4 is 23.1 Å². The smallest absolute Gasteiger partial charge is 0.410 e. The van der Waals surface area contributed by atoms with E-state index in [1.807, 2.05) is 26.8 Å². The molecule has 33 heavy (non-hydrogen) atoms. The molecule has 3 aliphatic rings. The molecule has 178 valence electrons. The molecule has 0 bridgehead atoms. The molecule has 0 N–H and O–H groups in total. The predicted molar refractivity (Wildman–Crippen MR) is 124 cm³/mol. The number of piperazine rings is 1. The molecule has 5 heterocycles. The van der Waals surface area contributed by atoms with Gasteiger partial charge in [-0.3, -0.25) is 4.79 Å². The van der Waals surface area contributed by atoms with Gasteiger partial charge in [0.05, 0.1) is 18.9 Å². The van der Waals surface area contributed by atoms with E-state index in [9.17, 15) is 9.59 Å². The van der Waals surface area contributed by atoms with Crippen LogP contribution in [0.3, 0.4) is 0 Å². The Morgan fingerprint density at radius 3 is 2.61 bits per heavy atom. The highest BCUT2D eigenvalue weighted by Gasteiger charge is 2.34. The fraction of sp³-hybridized carbons (Fsp3) is 0.652. The zero-order chi connectivity index (χ0) is 23.3. The van der Waals surface area contributed by atoms with Gasteiger partial charge in [-0.25, -0.2) is 4.79 Å². The number of hydrogen-bond acceptors (Lipinski definition) is 7. The lowest BCUT2D eigenvalue weighted by Crippen LogP contribution is -2.51. The van der Waals surface area contributed by atoms with Crippen LogP contribution in [0.2, 0.25) is 0 Å². The Kier molecular flexibility index (Phi) is 5.43. The lowest BCUT2D eigenvalue weighted by atomic mass is 10.1. The van der Waals surface area contributed by atoms with E-state index >= 15 is 0 Å². The third-order valence-corrected chi connectivity index (χ3v) is 6.51. The van der Waals surface area contributed by atoms with Gasteiger partial charge in [-0.15, -0.1) is 5.10 Å². The maximum Gasteiger partial charge on any atom is 0.410 e. The summed E-state index contributed by atoms with van der Waals surface area (Å²) in [5.74, 6) is 1.47. The fourth-order valence-electron chi connectivity index (χ4n) is 4.84. The van der Waals surface area contributed by atoms with Gasteiger partial charge in [-0.2, -0.15) is 9.50 Å². The van der Waals surface area contributed by atoms with Crippen LogP contribution in [0.1, 0.15) is 58.0 Å². The van der Waals surface area contributed by atoms with Crippen molar-refractivity contribution in [3.05, 3.63) is 27.9 Å². The molecule has 2 aromatic rings. The lowest BCUT2D eigenvalue weighted by Gasteiger charge is -2.37. The third kappa shape index (κ3) is 4.01. The Hall–Kier alpha value is -2.88. The SMILES string of the molecule is CC1CCn2c1c(N1CCN(C(=O)OC(C)(C)C)CC1)c(=O)n1nc(C3=CCOCC3)nc21. The number of aromatic nitrogens is 4. The maximum absolute atomic E-state index is 13.7. The minimum atomic E-state index is -0.529. The predicted octanol–water partition coefficient (Wildman–Crippen LogP) is 2.26. The van der Waals surface area contributed by atoms with Crippen LogP contribution >= 0.6 is 0 Å². The molecule has 0 aliphatic carbocycles. The first-order valence-corrected chi connectivity index (χ1v) is 11.8. The molecule has 1 unspecified atom stereocenters. The van der Waals surface area contributed by atoms with Crippen molar-refractivity contribution in [2.75, 3.05) is 44.3 Å². The van der Waals surface area contributed by atoms with Gasteiger partial charge in [0.1, 0.15) is 11.3 Å². The van der Waals surface area contributed by atoms with Crippen LogP contribution in [0.25, 0.3) is 11.4 Å². The van der Waals surface area contributed by atoms with Crippen molar-refractivity contribution < 1.29 is 14.3 Å². The molecule has 2 aromatic heterocycles. The van der Waals surface area contributed by atoms with E-state index in [1.54, 1.807) is 4.90 Å². The number of fused-ring (bicyclic) bond motifs is 3. The number of carbonyl (C=O) groups excluding carboxylic acids is 1. The Bertz CT molecular complexity index is 1170. The van der Waals surface area contributed by atoms with Crippen molar-refractivity contribution in [2.45, 2.75) is 58.6 Å². The molecule has 1 amide bonds. The van der Waals surface area contributed by atoms with Crippen molar-refractivity contribution in [3.8, 4) is 0 Å². The number of hydrogen-bond donors (Lipinski definition) is 0. The van der Waals surface area contributed by atoms with Gasteiger partial charge in [0, 0.05) is 38.6 Å². The fourth-order valence-corrected chi connectivity index (χ4v) is 4.84. The quantitative estimate of drug-likeness (QED) is 0.684. The topological polar surface area (TPSA) is 94.2 Å². The molecule has 3 aliphatic heterocycles. The molecule has 1 atom stereocenters. The Labute approximate surface area is 192 Å². The van der Waals surface area contributed by atoms with E-state index < -0.39 is 5.60 Å². The zero-order valence-corrected chi connectivity index (χ0v) is 19.8. The Balaban J connectivity index is 1.48. The third-order valence-electron chi connectivity index (χ3n) is 6.51. The summed E-state index contributed by atoms with van der Waals surface area (Å²) in [6.45, 7) is 11.9. The summed E-state index contributed by atoms with van der Waals surface area (Å²) < 4.78 is 14.5. The number of aryl methyl sites for hydroxylation is 1. The highest BCUT2D eigenvalue weighted by Crippen LogP contribution is 2.35. The van der Waals surface area contributed by atoms with E-state index in [0.717, 1.165) is 30.7 Å². The number of carbonyl (C=O) groups is 1. The number of amides is 1. The molecule has 5 rings (SSSR count). The second-order valence-electron chi connectivity index (χ2n) is 10.0. The van der Waals surface area contributed by atoms with Gasteiger partial charge >= 0.3 is 6.09 Å².